The fourth-order valence-electron chi connectivity index (χ4n) is 2.29. The van der Waals surface area contributed by atoms with Crippen LogP contribution in [0.2, 0.25) is 0 Å². The topological polar surface area (TPSA) is 90.6 Å². The van der Waals surface area contributed by atoms with Gasteiger partial charge in [-0.1, -0.05) is 0 Å². The van der Waals surface area contributed by atoms with Gasteiger partial charge in [0.25, 0.3) is 0 Å². The van der Waals surface area contributed by atoms with Crippen LogP contribution in [0.1, 0.15) is 47.0 Å². The lowest BCUT2D eigenvalue weighted by Gasteiger charge is -2.34. The second-order valence-electron chi connectivity index (χ2n) is 6.18. The highest BCUT2D eigenvalue weighted by Gasteiger charge is 2.34. The number of esters is 1. The first-order valence-electron chi connectivity index (χ1n) is 7.14. The SMILES string of the molecule is CCOC(=O)[C@H]1CCC(N)C(NC(=O)OC(C)(C)C)C1. The van der Waals surface area contributed by atoms with Crippen molar-refractivity contribution in [1.29, 1.82) is 0 Å². The molecule has 1 rings (SSSR count). The molecule has 0 radical (unpaired) electrons. The van der Waals surface area contributed by atoms with Gasteiger partial charge in [0.15, 0.2) is 0 Å². The molecule has 116 valence electrons. The molecule has 0 bridgehead atoms. The highest BCUT2D eigenvalue weighted by molar-refractivity contribution is 5.73. The van der Waals surface area contributed by atoms with Gasteiger partial charge >= 0.3 is 12.1 Å². The molecular weight excluding hydrogens is 260 g/mol. The molecule has 1 saturated carbocycles. The van der Waals surface area contributed by atoms with Gasteiger partial charge in [-0.3, -0.25) is 4.79 Å². The molecule has 0 heterocycles. The summed E-state index contributed by atoms with van der Waals surface area (Å²) in [7, 11) is 0. The Hall–Kier alpha value is -1.30. The van der Waals surface area contributed by atoms with Crippen LogP contribution in [-0.2, 0) is 14.3 Å². The number of ether oxygens (including phenoxy) is 2. The third kappa shape index (κ3) is 5.36. The van der Waals surface area contributed by atoms with E-state index >= 15 is 0 Å². The zero-order valence-electron chi connectivity index (χ0n) is 12.8. The van der Waals surface area contributed by atoms with Crippen molar-refractivity contribution in [3.8, 4) is 0 Å². The lowest BCUT2D eigenvalue weighted by atomic mass is 9.83. The monoisotopic (exact) mass is 286 g/mol. The Labute approximate surface area is 120 Å². The minimum absolute atomic E-state index is 0.159. The predicted octanol–water partition coefficient (Wildman–Crippen LogP) is 1.57. The Morgan fingerprint density at radius 2 is 1.95 bits per heavy atom. The van der Waals surface area contributed by atoms with Gasteiger partial charge in [0.1, 0.15) is 5.60 Å². The van der Waals surface area contributed by atoms with Crippen molar-refractivity contribution in [2.24, 2.45) is 11.7 Å². The van der Waals surface area contributed by atoms with Gasteiger partial charge in [-0.25, -0.2) is 4.79 Å². The molecule has 3 atom stereocenters. The van der Waals surface area contributed by atoms with E-state index in [0.29, 0.717) is 25.9 Å². The number of nitrogens with one attached hydrogen (secondary N) is 1. The second-order valence-corrected chi connectivity index (χ2v) is 6.18. The van der Waals surface area contributed by atoms with E-state index in [1.54, 1.807) is 27.7 Å². The smallest absolute Gasteiger partial charge is 0.407 e. The molecule has 2 unspecified atom stereocenters. The summed E-state index contributed by atoms with van der Waals surface area (Å²) >= 11 is 0. The largest absolute Gasteiger partial charge is 0.466 e. The quantitative estimate of drug-likeness (QED) is 0.768. The normalized spacial score (nSPS) is 26.8. The van der Waals surface area contributed by atoms with Crippen LogP contribution < -0.4 is 11.1 Å². The third-order valence-electron chi connectivity index (χ3n) is 3.23. The minimum Gasteiger partial charge on any atom is -0.466 e. The van der Waals surface area contributed by atoms with Gasteiger partial charge in [-0.15, -0.1) is 0 Å². The molecule has 1 aliphatic rings. The molecule has 0 spiro atoms. The molecular formula is C14H26N2O4. The highest BCUT2D eigenvalue weighted by Crippen LogP contribution is 2.25. The van der Waals surface area contributed by atoms with Crippen LogP contribution in [0.25, 0.3) is 0 Å². The maximum atomic E-state index is 11.8. The van der Waals surface area contributed by atoms with E-state index < -0.39 is 11.7 Å². The highest BCUT2D eigenvalue weighted by atomic mass is 16.6. The summed E-state index contributed by atoms with van der Waals surface area (Å²) in [6, 6.07) is -0.416. The van der Waals surface area contributed by atoms with Crippen LogP contribution >= 0.6 is 0 Å². The van der Waals surface area contributed by atoms with E-state index in [1.807, 2.05) is 0 Å². The first-order valence-corrected chi connectivity index (χ1v) is 7.14. The Balaban J connectivity index is 2.54. The maximum absolute atomic E-state index is 11.8. The number of carbonyl (C=O) groups excluding carboxylic acids is 2. The van der Waals surface area contributed by atoms with Crippen LogP contribution in [0.15, 0.2) is 0 Å². The molecule has 1 aliphatic carbocycles. The van der Waals surface area contributed by atoms with Crippen LogP contribution in [0.3, 0.4) is 0 Å². The fraction of sp³-hybridized carbons (Fsp3) is 0.857. The van der Waals surface area contributed by atoms with Crippen molar-refractivity contribution in [2.75, 3.05) is 6.61 Å². The van der Waals surface area contributed by atoms with Gasteiger partial charge in [-0.2, -0.15) is 0 Å². The zero-order chi connectivity index (χ0) is 15.3. The van der Waals surface area contributed by atoms with Crippen molar-refractivity contribution in [2.45, 2.75) is 64.6 Å². The number of carbonyl (C=O) groups is 2. The summed E-state index contributed by atoms with van der Waals surface area (Å²) in [5, 5.41) is 2.76. The molecule has 1 amide bonds. The molecule has 0 aliphatic heterocycles. The van der Waals surface area contributed by atoms with E-state index in [0.717, 1.165) is 0 Å². The van der Waals surface area contributed by atoms with Crippen molar-refractivity contribution >= 4 is 12.1 Å². The summed E-state index contributed by atoms with van der Waals surface area (Å²) in [4.78, 5) is 23.5. The van der Waals surface area contributed by atoms with Crippen LogP contribution in [0, 0.1) is 5.92 Å². The lowest BCUT2D eigenvalue weighted by Crippen LogP contribution is -2.53. The molecule has 0 aromatic carbocycles. The van der Waals surface area contributed by atoms with E-state index in [4.69, 9.17) is 15.2 Å². The van der Waals surface area contributed by atoms with E-state index in [2.05, 4.69) is 5.32 Å². The minimum atomic E-state index is -0.552. The van der Waals surface area contributed by atoms with Crippen molar-refractivity contribution in [3.63, 3.8) is 0 Å². The zero-order valence-corrected chi connectivity index (χ0v) is 12.8. The third-order valence-corrected chi connectivity index (χ3v) is 3.23. The van der Waals surface area contributed by atoms with E-state index in [1.165, 1.54) is 0 Å². The summed E-state index contributed by atoms with van der Waals surface area (Å²) in [6.45, 7) is 7.55. The predicted molar refractivity (Wildman–Crippen MR) is 75.1 cm³/mol. The average molecular weight is 286 g/mol. The molecule has 20 heavy (non-hydrogen) atoms. The molecule has 0 aromatic heterocycles. The van der Waals surface area contributed by atoms with E-state index in [-0.39, 0.29) is 24.0 Å². The van der Waals surface area contributed by atoms with Gasteiger partial charge < -0.3 is 20.5 Å². The van der Waals surface area contributed by atoms with Crippen molar-refractivity contribution in [1.82, 2.24) is 5.32 Å². The first kappa shape index (κ1) is 16.8. The summed E-state index contributed by atoms with van der Waals surface area (Å²) in [6.07, 6.45) is 1.39. The summed E-state index contributed by atoms with van der Waals surface area (Å²) < 4.78 is 10.2. The standard InChI is InChI=1S/C14H26N2O4/c1-5-19-12(17)9-6-7-10(15)11(8-9)16-13(18)20-14(2,3)4/h9-11H,5-8,15H2,1-4H3,(H,16,18)/t9-,10?,11?/m0/s1. The first-order chi connectivity index (χ1) is 9.23. The van der Waals surface area contributed by atoms with E-state index in [9.17, 15) is 9.59 Å². The average Bonchev–Trinajstić information content (AvgIpc) is 2.29. The number of hydrogen-bond donors (Lipinski definition) is 2. The lowest BCUT2D eigenvalue weighted by molar-refractivity contribution is -0.149. The van der Waals surface area contributed by atoms with Gasteiger partial charge in [0.05, 0.1) is 12.5 Å². The summed E-state index contributed by atoms with van der Waals surface area (Å²) in [5.41, 5.74) is 5.45. The van der Waals surface area contributed by atoms with Crippen molar-refractivity contribution in [3.05, 3.63) is 0 Å². The molecule has 0 saturated heterocycles. The van der Waals surface area contributed by atoms with Crippen molar-refractivity contribution < 1.29 is 19.1 Å². The van der Waals surface area contributed by atoms with Gasteiger partial charge in [0.2, 0.25) is 0 Å². The Kier molecular flexibility index (Phi) is 5.80. The van der Waals surface area contributed by atoms with Gasteiger partial charge in [-0.05, 0) is 47.0 Å². The number of amides is 1. The Morgan fingerprint density at radius 3 is 2.50 bits per heavy atom. The van der Waals surface area contributed by atoms with Crippen LogP contribution in [0.4, 0.5) is 4.79 Å². The maximum Gasteiger partial charge on any atom is 0.407 e. The molecule has 6 heteroatoms. The number of rotatable bonds is 3. The van der Waals surface area contributed by atoms with Gasteiger partial charge in [0, 0.05) is 12.1 Å². The molecule has 3 N–H and O–H groups in total. The number of alkyl carbamates (subject to hydrolysis) is 1. The Bertz CT molecular complexity index is 352. The van der Waals surface area contributed by atoms with Crippen LogP contribution in [-0.4, -0.2) is 36.4 Å². The van der Waals surface area contributed by atoms with Crippen LogP contribution in [0.5, 0.6) is 0 Å². The molecule has 6 nitrogen and oxygen atoms in total. The second kappa shape index (κ2) is 6.92. The molecule has 1 fully saturated rings. The number of nitrogens with two attached hydrogens (primary N) is 1. The number of hydrogen-bond acceptors (Lipinski definition) is 5. The molecule has 0 aromatic rings. The summed E-state index contributed by atoms with van der Waals surface area (Å²) in [5.74, 6) is -0.412. The Morgan fingerprint density at radius 1 is 1.30 bits per heavy atom. The fourth-order valence-corrected chi connectivity index (χ4v) is 2.29.